The number of carbonyl (C=O) groups excluding carboxylic acids is 2. The van der Waals surface area contributed by atoms with Crippen LogP contribution in [-0.2, 0) is 66.4 Å². The minimum atomic E-state index is -1.17. The highest BCUT2D eigenvalue weighted by molar-refractivity contribution is 5.89. The first-order chi connectivity index (χ1) is 34.8. The Morgan fingerprint density at radius 1 is 0.630 bits per heavy atom. The van der Waals surface area contributed by atoms with Gasteiger partial charge in [0.1, 0.15) is 36.3 Å². The molecule has 2 unspecified atom stereocenters. The molecule has 0 amide bonds. The van der Waals surface area contributed by atoms with Gasteiger partial charge in [-0.15, -0.1) is 0 Å². The number of benzene rings is 1. The summed E-state index contributed by atoms with van der Waals surface area (Å²) in [5.41, 5.74) is -0.558. The van der Waals surface area contributed by atoms with E-state index in [1.54, 1.807) is 54.4 Å². The number of hydrogen-bond donors (Lipinski definition) is 2. The molecule has 24 atom stereocenters. The van der Waals surface area contributed by atoms with Crippen LogP contribution < -0.4 is 0 Å². The Bertz CT molecular complexity index is 2080. The Morgan fingerprint density at radius 2 is 1.12 bits per heavy atom. The van der Waals surface area contributed by atoms with Crippen LogP contribution in [-0.4, -0.2) is 167 Å². The molecular weight excluding hydrogens is 945 g/mol. The van der Waals surface area contributed by atoms with Crippen LogP contribution in [0.5, 0.6) is 0 Å². The number of ketones is 1. The van der Waals surface area contributed by atoms with Crippen LogP contribution in [0.2, 0.25) is 0 Å². The Morgan fingerprint density at radius 3 is 1.63 bits per heavy atom. The number of rotatable bonds is 15. The number of aliphatic hydroxyl groups is 2. The maximum absolute atomic E-state index is 13.7. The van der Waals surface area contributed by atoms with Gasteiger partial charge in [0.2, 0.25) is 0 Å². The van der Waals surface area contributed by atoms with Gasteiger partial charge in [-0.3, -0.25) is 4.79 Å². The summed E-state index contributed by atoms with van der Waals surface area (Å²) in [6.07, 6.45) is 0.353. The first-order valence-electron chi connectivity index (χ1n) is 27.1. The molecule has 0 radical (unpaired) electrons. The molecule has 7 fully saturated rings. The first-order valence-corrected chi connectivity index (χ1v) is 27.1. The lowest BCUT2D eigenvalue weighted by Crippen LogP contribution is -2.66. The van der Waals surface area contributed by atoms with E-state index in [9.17, 15) is 19.8 Å². The first kappa shape index (κ1) is 55.3. The van der Waals surface area contributed by atoms with Crippen molar-refractivity contribution in [3.05, 3.63) is 47.5 Å². The highest BCUT2D eigenvalue weighted by atomic mass is 16.8. The van der Waals surface area contributed by atoms with E-state index < -0.39 is 103 Å². The molecule has 8 aliphatic rings. The summed E-state index contributed by atoms with van der Waals surface area (Å²) in [6.45, 7) is 13.6. The molecule has 0 spiro atoms. The van der Waals surface area contributed by atoms with Gasteiger partial charge < -0.3 is 71.8 Å². The van der Waals surface area contributed by atoms with E-state index in [0.717, 1.165) is 19.3 Å². The van der Waals surface area contributed by atoms with Gasteiger partial charge in [0.25, 0.3) is 0 Å². The van der Waals surface area contributed by atoms with Gasteiger partial charge in [0, 0.05) is 65.5 Å². The number of aliphatic hydroxyl groups excluding tert-OH is 1. The van der Waals surface area contributed by atoms with Crippen molar-refractivity contribution in [2.75, 3.05) is 28.4 Å². The highest BCUT2D eigenvalue weighted by Crippen LogP contribution is 2.69. The lowest BCUT2D eigenvalue weighted by molar-refractivity contribution is -0.347. The van der Waals surface area contributed by atoms with E-state index in [1.807, 2.05) is 45.9 Å². The molecule has 2 N–H and O–H groups in total. The van der Waals surface area contributed by atoms with E-state index in [-0.39, 0.29) is 53.6 Å². The fraction of sp³-hybridized carbons (Fsp3) is 0.821. The number of fused-ring (bicyclic) bond motifs is 5. The number of esters is 1. The third kappa shape index (κ3) is 10.5. The van der Waals surface area contributed by atoms with Gasteiger partial charge >= 0.3 is 5.97 Å². The summed E-state index contributed by atoms with van der Waals surface area (Å²) >= 11 is 0. The second-order valence-electron chi connectivity index (χ2n) is 22.9. The molecule has 0 aromatic heterocycles. The van der Waals surface area contributed by atoms with Crippen molar-refractivity contribution in [1.29, 1.82) is 0 Å². The lowest BCUT2D eigenvalue weighted by Gasteiger charge is -2.63. The van der Waals surface area contributed by atoms with Gasteiger partial charge in [-0.1, -0.05) is 43.7 Å². The summed E-state index contributed by atoms with van der Waals surface area (Å²) in [6, 6.07) is 8.99. The topological polar surface area (TPSA) is 195 Å². The van der Waals surface area contributed by atoms with Crippen molar-refractivity contribution in [2.45, 2.75) is 235 Å². The number of ether oxygens (including phenoxy) is 13. The second-order valence-corrected chi connectivity index (χ2v) is 22.9. The van der Waals surface area contributed by atoms with E-state index >= 15 is 0 Å². The molecule has 4 aliphatic heterocycles. The van der Waals surface area contributed by atoms with E-state index in [1.165, 1.54) is 5.57 Å². The van der Waals surface area contributed by atoms with Crippen LogP contribution in [0.4, 0.5) is 0 Å². The molecule has 17 nitrogen and oxygen atoms in total. The molecule has 0 bridgehead atoms. The number of carbonyl (C=O) groups is 2. The molecule has 410 valence electrons. The largest absolute Gasteiger partial charge is 0.458 e. The van der Waals surface area contributed by atoms with Gasteiger partial charge in [0.15, 0.2) is 25.2 Å². The fourth-order valence-electron chi connectivity index (χ4n) is 14.9. The maximum Gasteiger partial charge on any atom is 0.338 e. The Balaban J connectivity index is 0.793. The SMILES string of the molecule is CO[C@H]1C[C@H](O[C@H]2[C@@H](OC)C[C@H](O[C@H]3[C@@H](OC)C[C@@H](O[C@H]4CC[C@@]5(C)C(=CCC6C5C[C@@H](OC(=O)c5ccccc5)[C@]5(C)[C@@H](C(C)=O)CC[C@]65O)C4)O[C@@H]3C)O[C@@H]2C)O[C@H](C)[C@H]1O[C@H]1C[C@@H](OC)[C@H](O)[C@@H](C)O1. The second kappa shape index (κ2) is 22.5. The third-order valence-electron chi connectivity index (χ3n) is 19.1. The predicted octanol–water partition coefficient (Wildman–Crippen LogP) is 6.61. The molecular formula is C56H84O17. The average Bonchev–Trinajstić information content (AvgIpc) is 3.66. The molecule has 4 saturated heterocycles. The van der Waals surface area contributed by atoms with Crippen LogP contribution in [0.3, 0.4) is 0 Å². The Hall–Kier alpha value is -2.46. The van der Waals surface area contributed by atoms with Gasteiger partial charge in [-0.2, -0.15) is 0 Å². The minimum absolute atomic E-state index is 0.0348. The van der Waals surface area contributed by atoms with Gasteiger partial charge in [-0.25, -0.2) is 4.79 Å². The molecule has 17 heteroatoms. The number of hydrogen-bond acceptors (Lipinski definition) is 17. The Kier molecular flexibility index (Phi) is 17.0. The summed E-state index contributed by atoms with van der Waals surface area (Å²) in [4.78, 5) is 26.9. The summed E-state index contributed by atoms with van der Waals surface area (Å²) in [5, 5.41) is 23.4. The van der Waals surface area contributed by atoms with Crippen LogP contribution in [0, 0.1) is 28.6 Å². The molecule has 1 aromatic rings. The molecule has 4 aliphatic carbocycles. The molecule has 9 rings (SSSR count). The van der Waals surface area contributed by atoms with Crippen molar-refractivity contribution in [1.82, 2.24) is 0 Å². The van der Waals surface area contributed by atoms with Crippen molar-refractivity contribution in [3.63, 3.8) is 0 Å². The van der Waals surface area contributed by atoms with Crippen LogP contribution >= 0.6 is 0 Å². The van der Waals surface area contributed by atoms with Gasteiger partial charge in [-0.05, 0) is 109 Å². The van der Waals surface area contributed by atoms with Crippen molar-refractivity contribution in [3.8, 4) is 0 Å². The highest BCUT2D eigenvalue weighted by Gasteiger charge is 2.71. The number of Topliss-reactive ketones (excluding diaryl/α,β-unsaturated/α-hetero) is 1. The summed E-state index contributed by atoms with van der Waals surface area (Å²) in [5.74, 6) is -0.812. The van der Waals surface area contributed by atoms with Gasteiger partial charge in [0.05, 0.1) is 66.1 Å². The lowest BCUT2D eigenvalue weighted by atomic mass is 9.45. The molecule has 73 heavy (non-hydrogen) atoms. The zero-order chi connectivity index (χ0) is 52.1. The average molecular weight is 1030 g/mol. The fourth-order valence-corrected chi connectivity index (χ4v) is 14.9. The van der Waals surface area contributed by atoms with E-state index in [0.29, 0.717) is 56.9 Å². The van der Waals surface area contributed by atoms with Crippen LogP contribution in [0.1, 0.15) is 129 Å². The summed E-state index contributed by atoms with van der Waals surface area (Å²) < 4.78 is 82.0. The molecule has 1 aromatic carbocycles. The quantitative estimate of drug-likeness (QED) is 0.141. The third-order valence-corrected chi connectivity index (χ3v) is 19.1. The van der Waals surface area contributed by atoms with Crippen LogP contribution in [0.15, 0.2) is 42.0 Å². The number of allylic oxidation sites excluding steroid dienone is 1. The minimum Gasteiger partial charge on any atom is -0.458 e. The number of methoxy groups -OCH3 is 4. The zero-order valence-electron chi connectivity index (χ0n) is 44.9. The summed E-state index contributed by atoms with van der Waals surface area (Å²) in [7, 11) is 6.56. The zero-order valence-corrected chi connectivity index (χ0v) is 44.9. The van der Waals surface area contributed by atoms with Crippen molar-refractivity contribution < 1.29 is 81.4 Å². The van der Waals surface area contributed by atoms with E-state index in [4.69, 9.17) is 61.6 Å². The maximum atomic E-state index is 13.7. The normalized spacial score (nSPS) is 47.9. The van der Waals surface area contributed by atoms with Crippen molar-refractivity contribution in [2.24, 2.45) is 28.6 Å². The predicted molar refractivity (Wildman–Crippen MR) is 263 cm³/mol. The van der Waals surface area contributed by atoms with Crippen LogP contribution in [0.25, 0.3) is 0 Å². The van der Waals surface area contributed by atoms with E-state index in [2.05, 4.69) is 13.0 Å². The monoisotopic (exact) mass is 1030 g/mol. The standard InChI is InChI=1S/C56H84O17/c1-29(57)37-20-22-56(60)38-18-17-35-23-36(19-21-54(35,6)39(38)24-44(55(37,56)7)70-53(59)34-15-13-12-14-16-34)69-45-26-41(62-9)50(31(3)66-45)72-47-28-43(64-11)52(33(5)68-47)73-48-27-42(63-10)51(32(4)67-48)71-46-25-40(61-8)49(58)30(2)65-46/h12-17,30-33,36-52,58,60H,18-28H2,1-11H3/t30-,31-,32-,33-,36+,37-,38?,39?,40-,41+,42+,43+,44-,45-,46+,47+,48+,49-,50-,51-,52-,54+,55+,56+/m1/s1. The smallest absolute Gasteiger partial charge is 0.338 e. The molecule has 4 heterocycles. The van der Waals surface area contributed by atoms with Crippen molar-refractivity contribution >= 4 is 11.8 Å². The molecule has 3 saturated carbocycles. The Labute approximate surface area is 431 Å².